The highest BCUT2D eigenvalue weighted by atomic mass is 32.1. The number of nitrogens with zero attached hydrogens (tertiary/aromatic N) is 3. The maximum Gasteiger partial charge on any atom is 0.264 e. The second kappa shape index (κ2) is 7.52. The molecule has 0 atom stereocenters. The van der Waals surface area contributed by atoms with Gasteiger partial charge in [0, 0.05) is 11.1 Å². The van der Waals surface area contributed by atoms with E-state index < -0.39 is 0 Å². The van der Waals surface area contributed by atoms with Crippen LogP contribution in [0.3, 0.4) is 0 Å². The molecule has 0 unspecified atom stereocenters. The lowest BCUT2D eigenvalue weighted by atomic mass is 10.1. The number of carbonyl (C=O) groups is 1. The number of amides is 1. The lowest BCUT2D eigenvalue weighted by Crippen LogP contribution is -2.56. The van der Waals surface area contributed by atoms with E-state index in [1.54, 1.807) is 4.90 Å². The van der Waals surface area contributed by atoms with Crippen LogP contribution in [0.4, 0.5) is 0 Å². The van der Waals surface area contributed by atoms with Crippen LogP contribution in [0.1, 0.15) is 9.67 Å². The van der Waals surface area contributed by atoms with Crippen molar-refractivity contribution in [3.63, 3.8) is 0 Å². The Morgan fingerprint density at radius 3 is 2.66 bits per heavy atom. The Labute approximate surface area is 171 Å². The highest BCUT2D eigenvalue weighted by molar-refractivity contribution is 7.12. The first-order chi connectivity index (χ1) is 14.3. The lowest BCUT2D eigenvalue weighted by molar-refractivity contribution is 0.0182. The summed E-state index contributed by atoms with van der Waals surface area (Å²) in [7, 11) is 0. The molecule has 5 rings (SSSR count). The third-order valence-electron chi connectivity index (χ3n) is 4.71. The molecule has 1 aliphatic rings. The second-order valence-electron chi connectivity index (χ2n) is 6.74. The molecule has 144 valence electrons. The largest absolute Gasteiger partial charge is 0.487 e. The quantitative estimate of drug-likeness (QED) is 0.495. The fourth-order valence-electron chi connectivity index (χ4n) is 3.17. The zero-order valence-electron chi connectivity index (χ0n) is 15.4. The van der Waals surface area contributed by atoms with Crippen LogP contribution in [0.2, 0.25) is 0 Å². The van der Waals surface area contributed by atoms with Crippen molar-refractivity contribution < 1.29 is 14.1 Å². The number of thiophene rings is 1. The van der Waals surface area contributed by atoms with Gasteiger partial charge in [0.2, 0.25) is 5.82 Å². The van der Waals surface area contributed by atoms with Crippen LogP contribution in [0.5, 0.6) is 5.75 Å². The summed E-state index contributed by atoms with van der Waals surface area (Å²) >= 11 is 1.46. The standard InChI is InChI=1S/C22H17N3O3S/c26-22(19-10-5-11-29-19)25-13-18(14-25)27-17-9-4-8-16(12-17)21-23-20(24-28-21)15-6-2-1-3-7-15/h1-12,18H,13-14H2. The predicted octanol–water partition coefficient (Wildman–Crippen LogP) is 4.37. The Morgan fingerprint density at radius 1 is 1.03 bits per heavy atom. The first-order valence-corrected chi connectivity index (χ1v) is 10.1. The molecule has 0 bridgehead atoms. The molecular formula is C22H17N3O3S. The first kappa shape index (κ1) is 17.6. The Morgan fingerprint density at radius 2 is 1.86 bits per heavy atom. The first-order valence-electron chi connectivity index (χ1n) is 9.25. The molecule has 1 saturated heterocycles. The van der Waals surface area contributed by atoms with Gasteiger partial charge in [0.1, 0.15) is 11.9 Å². The van der Waals surface area contributed by atoms with E-state index in [0.29, 0.717) is 24.8 Å². The fraction of sp³-hybridized carbons (Fsp3) is 0.136. The number of rotatable bonds is 5. The molecule has 0 saturated carbocycles. The van der Waals surface area contributed by atoms with Crippen LogP contribution < -0.4 is 4.74 Å². The molecule has 2 aromatic heterocycles. The highest BCUT2D eigenvalue weighted by Crippen LogP contribution is 2.27. The van der Waals surface area contributed by atoms with E-state index in [4.69, 9.17) is 9.26 Å². The number of carbonyl (C=O) groups excluding carboxylic acids is 1. The minimum absolute atomic E-state index is 0.0169. The molecule has 0 N–H and O–H groups in total. The average molecular weight is 403 g/mol. The van der Waals surface area contributed by atoms with Crippen molar-refractivity contribution in [2.45, 2.75) is 6.10 Å². The summed E-state index contributed by atoms with van der Waals surface area (Å²) in [5.74, 6) is 1.77. The van der Waals surface area contributed by atoms with Crippen molar-refractivity contribution in [3.8, 4) is 28.6 Å². The summed E-state index contributed by atoms with van der Waals surface area (Å²) in [5, 5.41) is 5.97. The van der Waals surface area contributed by atoms with E-state index in [-0.39, 0.29) is 12.0 Å². The van der Waals surface area contributed by atoms with Gasteiger partial charge in [-0.2, -0.15) is 4.98 Å². The molecule has 3 heterocycles. The van der Waals surface area contributed by atoms with E-state index in [1.807, 2.05) is 72.1 Å². The van der Waals surface area contributed by atoms with E-state index in [1.165, 1.54) is 11.3 Å². The third-order valence-corrected chi connectivity index (χ3v) is 5.57. The van der Waals surface area contributed by atoms with Crippen LogP contribution in [0, 0.1) is 0 Å². The predicted molar refractivity (Wildman–Crippen MR) is 110 cm³/mol. The Balaban J connectivity index is 1.24. The number of ether oxygens (including phenoxy) is 1. The topological polar surface area (TPSA) is 68.5 Å². The van der Waals surface area contributed by atoms with Crippen molar-refractivity contribution in [2.75, 3.05) is 13.1 Å². The Hall–Kier alpha value is -3.45. The molecule has 6 nitrogen and oxygen atoms in total. The summed E-state index contributed by atoms with van der Waals surface area (Å²) in [6.45, 7) is 1.17. The number of benzene rings is 2. The van der Waals surface area contributed by atoms with E-state index in [0.717, 1.165) is 21.8 Å². The van der Waals surface area contributed by atoms with Gasteiger partial charge in [-0.3, -0.25) is 4.79 Å². The van der Waals surface area contributed by atoms with Gasteiger partial charge < -0.3 is 14.2 Å². The smallest absolute Gasteiger partial charge is 0.264 e. The van der Waals surface area contributed by atoms with Crippen LogP contribution in [0.25, 0.3) is 22.8 Å². The summed E-state index contributed by atoms with van der Waals surface area (Å²) < 4.78 is 11.4. The van der Waals surface area contributed by atoms with Gasteiger partial charge in [-0.05, 0) is 29.6 Å². The van der Waals surface area contributed by atoms with Crippen LogP contribution in [-0.4, -0.2) is 40.1 Å². The van der Waals surface area contributed by atoms with Gasteiger partial charge in [-0.15, -0.1) is 11.3 Å². The summed E-state index contributed by atoms with van der Waals surface area (Å²) in [5.41, 5.74) is 1.70. The minimum atomic E-state index is -0.0169. The van der Waals surface area contributed by atoms with Crippen LogP contribution >= 0.6 is 11.3 Å². The van der Waals surface area contributed by atoms with Crippen molar-refractivity contribution >= 4 is 17.2 Å². The van der Waals surface area contributed by atoms with Crippen LogP contribution in [0.15, 0.2) is 76.6 Å². The van der Waals surface area contributed by atoms with Gasteiger partial charge in [-0.1, -0.05) is 47.6 Å². The SMILES string of the molecule is O=C(c1cccs1)N1CC(Oc2cccc(-c3nc(-c4ccccc4)no3)c2)C1. The molecule has 0 aliphatic carbocycles. The van der Waals surface area contributed by atoms with Gasteiger partial charge in [0.25, 0.3) is 11.8 Å². The summed E-state index contributed by atoms with van der Waals surface area (Å²) in [4.78, 5) is 19.3. The van der Waals surface area contributed by atoms with Gasteiger partial charge >= 0.3 is 0 Å². The Bertz CT molecular complexity index is 1120. The zero-order chi connectivity index (χ0) is 19.6. The number of aromatic nitrogens is 2. The lowest BCUT2D eigenvalue weighted by Gasteiger charge is -2.38. The molecular weight excluding hydrogens is 386 g/mol. The van der Waals surface area contributed by atoms with E-state index in [2.05, 4.69) is 10.1 Å². The zero-order valence-corrected chi connectivity index (χ0v) is 16.2. The molecule has 2 aromatic carbocycles. The fourth-order valence-corrected chi connectivity index (χ4v) is 3.87. The molecule has 7 heteroatoms. The highest BCUT2D eigenvalue weighted by Gasteiger charge is 2.33. The maximum absolute atomic E-state index is 12.3. The molecule has 1 fully saturated rings. The van der Waals surface area contributed by atoms with Crippen molar-refractivity contribution in [2.24, 2.45) is 0 Å². The normalized spacial score (nSPS) is 13.9. The van der Waals surface area contributed by atoms with E-state index >= 15 is 0 Å². The third kappa shape index (κ3) is 3.64. The van der Waals surface area contributed by atoms with Crippen molar-refractivity contribution in [3.05, 3.63) is 77.0 Å². The van der Waals surface area contributed by atoms with Crippen molar-refractivity contribution in [1.82, 2.24) is 15.0 Å². The maximum atomic E-state index is 12.3. The Kier molecular flexibility index (Phi) is 4.57. The summed E-state index contributed by atoms with van der Waals surface area (Å²) in [6, 6.07) is 21.0. The number of hydrogen-bond acceptors (Lipinski definition) is 6. The monoisotopic (exact) mass is 403 g/mol. The molecule has 0 spiro atoms. The number of hydrogen-bond donors (Lipinski definition) is 0. The van der Waals surface area contributed by atoms with Crippen molar-refractivity contribution in [1.29, 1.82) is 0 Å². The van der Waals surface area contributed by atoms with Gasteiger partial charge in [-0.25, -0.2) is 0 Å². The van der Waals surface area contributed by atoms with E-state index in [9.17, 15) is 4.79 Å². The molecule has 0 radical (unpaired) electrons. The summed E-state index contributed by atoms with van der Waals surface area (Å²) in [6.07, 6.45) is -0.0169. The molecule has 1 amide bonds. The molecule has 4 aromatic rings. The number of likely N-dealkylation sites (tertiary alicyclic amines) is 1. The second-order valence-corrected chi connectivity index (χ2v) is 7.69. The average Bonchev–Trinajstić information content (AvgIpc) is 3.43. The van der Waals surface area contributed by atoms with Gasteiger partial charge in [0.05, 0.1) is 18.0 Å². The van der Waals surface area contributed by atoms with Gasteiger partial charge in [0.15, 0.2) is 0 Å². The molecule has 1 aliphatic heterocycles. The van der Waals surface area contributed by atoms with Crippen LogP contribution in [-0.2, 0) is 0 Å². The minimum Gasteiger partial charge on any atom is -0.487 e. The molecule has 29 heavy (non-hydrogen) atoms.